The van der Waals surface area contributed by atoms with E-state index in [1.165, 1.54) is 35.2 Å². The van der Waals surface area contributed by atoms with Gasteiger partial charge < -0.3 is 19.7 Å². The number of nitrogens with one attached hydrogen (secondary N) is 1. The number of rotatable bonds is 11. The molecule has 1 heterocycles. The number of hydrogen-bond donors (Lipinski definition) is 1. The quantitative estimate of drug-likeness (QED) is 0.268. The smallest absolute Gasteiger partial charge is 0.264 e. The van der Waals surface area contributed by atoms with E-state index in [0.717, 1.165) is 42.1 Å². The normalized spacial score (nSPS) is 15.4. The van der Waals surface area contributed by atoms with Crippen LogP contribution in [0, 0.1) is 5.82 Å². The van der Waals surface area contributed by atoms with Crippen LogP contribution in [-0.2, 0) is 26.2 Å². The molecule has 1 fully saturated rings. The van der Waals surface area contributed by atoms with Gasteiger partial charge in [0.05, 0.1) is 20.6 Å². The van der Waals surface area contributed by atoms with Gasteiger partial charge in [-0.05, 0) is 73.4 Å². The fraction of sp³-hybridized carbons (Fsp3) is 0.375. The molecule has 0 bridgehead atoms. The van der Waals surface area contributed by atoms with Crippen molar-refractivity contribution in [3.8, 4) is 11.5 Å². The largest absolute Gasteiger partial charge is 0.486 e. The molecule has 9 nitrogen and oxygen atoms in total. The summed E-state index contributed by atoms with van der Waals surface area (Å²) in [6.07, 6.45) is 4.01. The summed E-state index contributed by atoms with van der Waals surface area (Å²) in [6.45, 7) is 1.67. The average molecular weight is 679 g/mol. The van der Waals surface area contributed by atoms with Crippen molar-refractivity contribution in [3.05, 3.63) is 82.1 Å². The number of anilines is 1. The number of nitrogens with zero attached hydrogens (tertiary/aromatic N) is 2. The Hall–Kier alpha value is -3.54. The van der Waals surface area contributed by atoms with Crippen molar-refractivity contribution in [2.75, 3.05) is 24.1 Å². The van der Waals surface area contributed by atoms with Gasteiger partial charge in [-0.1, -0.05) is 49.0 Å². The van der Waals surface area contributed by atoms with Crippen molar-refractivity contribution >= 4 is 50.7 Å². The molecule has 0 unspecified atom stereocenters. The van der Waals surface area contributed by atoms with E-state index in [0.29, 0.717) is 22.9 Å². The summed E-state index contributed by atoms with van der Waals surface area (Å²) in [5.74, 6) is -0.876. The number of ether oxygens (including phenoxy) is 2. The third-order valence-corrected chi connectivity index (χ3v) is 10.4. The zero-order valence-electron chi connectivity index (χ0n) is 24.7. The van der Waals surface area contributed by atoms with Gasteiger partial charge in [-0.2, -0.15) is 0 Å². The Morgan fingerprint density at radius 1 is 0.956 bits per heavy atom. The van der Waals surface area contributed by atoms with Crippen LogP contribution in [0.25, 0.3) is 0 Å². The number of carbonyl (C=O) groups excluding carboxylic acids is 2. The van der Waals surface area contributed by atoms with Crippen molar-refractivity contribution in [1.29, 1.82) is 0 Å². The molecule has 240 valence electrons. The summed E-state index contributed by atoms with van der Waals surface area (Å²) in [4.78, 5) is 29.1. The van der Waals surface area contributed by atoms with Crippen molar-refractivity contribution < 1.29 is 31.9 Å². The molecule has 1 N–H and O–H groups in total. The molecule has 0 spiro atoms. The highest BCUT2D eigenvalue weighted by Gasteiger charge is 2.35. The number of sulfonamides is 1. The minimum absolute atomic E-state index is 0.0137. The highest BCUT2D eigenvalue weighted by molar-refractivity contribution is 7.92. The fourth-order valence-electron chi connectivity index (χ4n) is 5.57. The molecular formula is C32H34Cl2FN3O6S. The average Bonchev–Trinajstić information content (AvgIpc) is 3.54. The molecular weight excluding hydrogens is 644 g/mol. The molecule has 1 atom stereocenters. The third-order valence-electron chi connectivity index (χ3n) is 7.92. The van der Waals surface area contributed by atoms with Crippen LogP contribution in [0.5, 0.6) is 11.5 Å². The SMILES string of the molecule is CC[C@@H](C(=O)NC1CCCC1)N(Cc1ccc(Cl)c(Cl)c1)C(=O)CN(c1ccc(F)cc1)S(=O)(=O)c1ccc2c(c1)OCCO2. The van der Waals surface area contributed by atoms with Crippen LogP contribution >= 0.6 is 23.2 Å². The predicted molar refractivity (Wildman–Crippen MR) is 170 cm³/mol. The maximum atomic E-state index is 14.3. The van der Waals surface area contributed by atoms with Gasteiger partial charge in [0.15, 0.2) is 11.5 Å². The Morgan fingerprint density at radius 3 is 2.31 bits per heavy atom. The van der Waals surface area contributed by atoms with Crippen molar-refractivity contribution in [3.63, 3.8) is 0 Å². The van der Waals surface area contributed by atoms with E-state index in [1.54, 1.807) is 25.1 Å². The van der Waals surface area contributed by atoms with Crippen LogP contribution < -0.4 is 19.1 Å². The molecule has 13 heteroatoms. The Balaban J connectivity index is 1.51. The molecule has 0 saturated heterocycles. The number of amides is 2. The maximum absolute atomic E-state index is 14.3. The van der Waals surface area contributed by atoms with Crippen LogP contribution in [0.3, 0.4) is 0 Å². The summed E-state index contributed by atoms with van der Waals surface area (Å²) < 4.78 is 54.3. The lowest BCUT2D eigenvalue weighted by molar-refractivity contribution is -0.140. The molecule has 2 amide bonds. The number of carbonyl (C=O) groups is 2. The van der Waals surface area contributed by atoms with Crippen LogP contribution in [0.4, 0.5) is 10.1 Å². The first-order valence-electron chi connectivity index (χ1n) is 14.8. The molecule has 0 radical (unpaired) electrons. The van der Waals surface area contributed by atoms with Crippen molar-refractivity contribution in [1.82, 2.24) is 10.2 Å². The number of benzene rings is 3. The lowest BCUT2D eigenvalue weighted by Gasteiger charge is -2.34. The Kier molecular flexibility index (Phi) is 10.4. The molecule has 5 rings (SSSR count). The lowest BCUT2D eigenvalue weighted by Crippen LogP contribution is -2.53. The van der Waals surface area contributed by atoms with E-state index < -0.39 is 34.3 Å². The summed E-state index contributed by atoms with van der Waals surface area (Å²) in [7, 11) is -4.40. The van der Waals surface area contributed by atoms with Gasteiger partial charge in [0.1, 0.15) is 31.6 Å². The standard InChI is InChI=1S/C32H34Cl2FN3O6S/c1-2-28(32(40)36-23-5-3-4-6-23)37(19-21-7-13-26(33)27(34)17-21)31(39)20-38(24-10-8-22(35)9-11-24)45(41,42)25-12-14-29-30(18-25)44-16-15-43-29/h7-14,17-18,23,28H,2-6,15-16,19-20H2,1H3,(H,36,40)/t28-/m0/s1. The fourth-order valence-corrected chi connectivity index (χ4v) is 7.32. The monoisotopic (exact) mass is 677 g/mol. The zero-order chi connectivity index (χ0) is 32.1. The zero-order valence-corrected chi connectivity index (χ0v) is 27.0. The van der Waals surface area contributed by atoms with Gasteiger partial charge >= 0.3 is 0 Å². The lowest BCUT2D eigenvalue weighted by atomic mass is 10.1. The predicted octanol–water partition coefficient (Wildman–Crippen LogP) is 5.97. The van der Waals surface area contributed by atoms with Crippen LogP contribution in [0.2, 0.25) is 10.0 Å². The van der Waals surface area contributed by atoms with Crippen molar-refractivity contribution in [2.24, 2.45) is 0 Å². The molecule has 1 aliphatic heterocycles. The van der Waals surface area contributed by atoms with Gasteiger partial charge in [0.25, 0.3) is 10.0 Å². The van der Waals surface area contributed by atoms with Gasteiger partial charge in [-0.25, -0.2) is 12.8 Å². The molecule has 2 aliphatic rings. The molecule has 0 aromatic heterocycles. The first-order valence-corrected chi connectivity index (χ1v) is 17.0. The summed E-state index contributed by atoms with van der Waals surface area (Å²) >= 11 is 12.4. The Morgan fingerprint density at radius 2 is 1.64 bits per heavy atom. The topological polar surface area (TPSA) is 105 Å². The van der Waals surface area contributed by atoms with E-state index in [4.69, 9.17) is 32.7 Å². The second-order valence-corrected chi connectivity index (χ2v) is 13.7. The van der Waals surface area contributed by atoms with Crippen LogP contribution in [0.15, 0.2) is 65.6 Å². The minimum Gasteiger partial charge on any atom is -0.486 e. The van der Waals surface area contributed by atoms with Crippen molar-refractivity contribution in [2.45, 2.75) is 62.6 Å². The number of hydrogen-bond acceptors (Lipinski definition) is 6. The summed E-state index contributed by atoms with van der Waals surface area (Å²) in [5, 5.41) is 3.68. The van der Waals surface area contributed by atoms with Gasteiger partial charge in [-0.15, -0.1) is 0 Å². The highest BCUT2D eigenvalue weighted by atomic mass is 35.5. The Bertz CT molecular complexity index is 1650. The molecule has 3 aromatic rings. The van der Waals surface area contributed by atoms with Gasteiger partial charge in [-0.3, -0.25) is 13.9 Å². The van der Waals surface area contributed by atoms with E-state index >= 15 is 0 Å². The number of halogens is 3. The summed E-state index contributed by atoms with van der Waals surface area (Å²) in [6, 6.07) is 13.0. The molecule has 1 aliphatic carbocycles. The summed E-state index contributed by atoms with van der Waals surface area (Å²) in [5.41, 5.74) is 0.672. The second kappa shape index (κ2) is 14.3. The maximum Gasteiger partial charge on any atom is 0.264 e. The van der Waals surface area contributed by atoms with E-state index in [2.05, 4.69) is 5.32 Å². The number of fused-ring (bicyclic) bond motifs is 1. The second-order valence-electron chi connectivity index (χ2n) is 11.0. The highest BCUT2D eigenvalue weighted by Crippen LogP contribution is 2.34. The van der Waals surface area contributed by atoms with E-state index in [-0.39, 0.29) is 52.9 Å². The molecule has 45 heavy (non-hydrogen) atoms. The molecule has 1 saturated carbocycles. The van der Waals surface area contributed by atoms with Crippen LogP contribution in [0.1, 0.15) is 44.6 Å². The van der Waals surface area contributed by atoms with E-state index in [9.17, 15) is 22.4 Å². The van der Waals surface area contributed by atoms with Crippen LogP contribution in [-0.4, -0.2) is 57.0 Å². The first kappa shape index (κ1) is 32.8. The first-order chi connectivity index (χ1) is 21.6. The third kappa shape index (κ3) is 7.65. The minimum atomic E-state index is -4.40. The molecule has 3 aromatic carbocycles. The van der Waals surface area contributed by atoms with Gasteiger partial charge in [0, 0.05) is 18.7 Å². The Labute approximate surface area is 272 Å². The van der Waals surface area contributed by atoms with Gasteiger partial charge in [0.2, 0.25) is 11.8 Å². The van der Waals surface area contributed by atoms with E-state index in [1.807, 2.05) is 0 Å².